The summed E-state index contributed by atoms with van der Waals surface area (Å²) in [6.45, 7) is 35.6. The average Bonchev–Trinajstić information content (AvgIpc) is 1.47. The summed E-state index contributed by atoms with van der Waals surface area (Å²) in [6.07, 6.45) is 12.0. The van der Waals surface area contributed by atoms with Gasteiger partial charge in [-0.1, -0.05) is 36.1 Å². The van der Waals surface area contributed by atoms with Crippen LogP contribution >= 0.6 is 34.0 Å². The Bertz CT molecular complexity index is 4530. The van der Waals surface area contributed by atoms with Gasteiger partial charge in [0.2, 0.25) is 0 Å². The summed E-state index contributed by atoms with van der Waals surface area (Å²) in [4.78, 5) is 64.6. The zero-order chi connectivity index (χ0) is 77.5. The third-order valence-corrected chi connectivity index (χ3v) is 21.2. The van der Waals surface area contributed by atoms with Crippen LogP contribution in [0.2, 0.25) is 0 Å². The van der Waals surface area contributed by atoms with Crippen molar-refractivity contribution in [3.05, 3.63) is 129 Å². The summed E-state index contributed by atoms with van der Waals surface area (Å²) in [6, 6.07) is 18.0. The smallest absolute Gasteiger partial charge is 1.00 e. The van der Waals surface area contributed by atoms with E-state index in [0.717, 1.165) is 281 Å². The topological polar surface area (TPSA) is 312 Å². The number of carboxylic acid groups (broad SMARTS) is 1. The Morgan fingerprint density at radius 1 is 0.496 bits per heavy atom. The van der Waals surface area contributed by atoms with Gasteiger partial charge in [0.15, 0.2) is 15.4 Å². The maximum Gasteiger partial charge on any atom is 1.00 e. The van der Waals surface area contributed by atoms with Gasteiger partial charge in [-0.3, -0.25) is 29.4 Å². The molecule has 14 rings (SSSR count). The number of thiazole rings is 3. The first-order chi connectivity index (χ1) is 54.3. The minimum Gasteiger partial charge on any atom is -1.00 e. The molecule has 0 aliphatic carbocycles. The molecule has 616 valence electrons. The second-order valence-corrected chi connectivity index (χ2v) is 29.5. The summed E-state index contributed by atoms with van der Waals surface area (Å²) < 4.78 is 45.5. The molecule has 4 N–H and O–H groups in total. The van der Waals surface area contributed by atoms with Crippen LogP contribution in [0.1, 0.15) is 115 Å². The number of aromatic nitrogens is 9. The molecule has 10 aromatic rings. The monoisotopic (exact) mass is 1660 g/mol. The van der Waals surface area contributed by atoms with Crippen molar-refractivity contribution in [2.24, 2.45) is 4.99 Å². The van der Waals surface area contributed by atoms with E-state index in [-0.39, 0.29) is 81.5 Å². The molecule has 4 aliphatic rings. The van der Waals surface area contributed by atoms with Crippen LogP contribution in [0.5, 0.6) is 23.0 Å². The Kier molecular flexibility index (Phi) is 41.2. The molecule has 0 unspecified atom stereocenters. The largest absolute Gasteiger partial charge is 1.00 e. The van der Waals surface area contributed by atoms with Crippen LogP contribution in [0.15, 0.2) is 88.6 Å². The van der Waals surface area contributed by atoms with Crippen LogP contribution in [0, 0.1) is 39.0 Å². The predicted molar refractivity (Wildman–Crippen MR) is 460 cm³/mol. The summed E-state index contributed by atoms with van der Waals surface area (Å²) in [7, 11) is 0. The molecule has 6 aromatic heterocycles. The number of carbonyl (C=O) groups is 1. The fourth-order valence-electron chi connectivity index (χ4n) is 12.6. The number of carboxylic acids is 1. The molecule has 0 spiro atoms. The molecule has 0 bridgehead atoms. The first-order valence-electron chi connectivity index (χ1n) is 38.2. The molecule has 0 amide bonds. The summed E-state index contributed by atoms with van der Waals surface area (Å²) in [5.74, 6) is 4.65. The number of benzene rings is 4. The normalized spacial score (nSPS) is 14.5. The summed E-state index contributed by atoms with van der Waals surface area (Å²) in [5.41, 5.74) is 10.6. The van der Waals surface area contributed by atoms with Gasteiger partial charge in [-0.2, -0.15) is 5.26 Å². The number of nitrogens with zero attached hydrogens (tertiary/aromatic N) is 15. The molecule has 0 atom stereocenters. The van der Waals surface area contributed by atoms with E-state index >= 15 is 0 Å². The van der Waals surface area contributed by atoms with Crippen molar-refractivity contribution in [3.63, 3.8) is 0 Å². The van der Waals surface area contributed by atoms with Gasteiger partial charge in [0.05, 0.1) is 131 Å². The van der Waals surface area contributed by atoms with Crippen molar-refractivity contribution < 1.29 is 101 Å². The number of nitrogens with one attached hydrogen (secondary N) is 3. The van der Waals surface area contributed by atoms with Gasteiger partial charge in [-0.05, 0) is 120 Å². The maximum absolute atomic E-state index is 10.9. The Hall–Kier alpha value is -7.66. The van der Waals surface area contributed by atoms with E-state index in [1.54, 1.807) is 46.9 Å². The summed E-state index contributed by atoms with van der Waals surface area (Å²) >= 11 is 4.53. The second-order valence-electron chi connectivity index (χ2n) is 26.9. The van der Waals surface area contributed by atoms with Gasteiger partial charge in [-0.15, -0.1) is 34.0 Å². The first kappa shape index (κ1) is 94.5. The number of aliphatic carboxylic acids is 1. The van der Waals surface area contributed by atoms with Gasteiger partial charge in [0.1, 0.15) is 65.5 Å². The van der Waals surface area contributed by atoms with E-state index < -0.39 is 5.97 Å². The molecule has 4 aliphatic heterocycles. The van der Waals surface area contributed by atoms with E-state index in [1.165, 1.54) is 17.7 Å². The third-order valence-electron chi connectivity index (χ3n) is 18.8. The number of hydrogen-bond donors (Lipinski definition) is 4. The Morgan fingerprint density at radius 2 is 0.800 bits per heavy atom. The number of anilines is 6. The maximum atomic E-state index is 10.9. The Morgan fingerprint density at radius 3 is 1.10 bits per heavy atom. The van der Waals surface area contributed by atoms with Crippen LogP contribution in [0.3, 0.4) is 0 Å². The van der Waals surface area contributed by atoms with Crippen LogP contribution in [0.4, 0.5) is 38.5 Å². The Balaban J connectivity index is 0.000000239. The molecule has 0 saturated carbocycles. The molecule has 32 heteroatoms. The molecule has 115 heavy (non-hydrogen) atoms. The van der Waals surface area contributed by atoms with Gasteiger partial charge in [-0.25, -0.2) is 44.9 Å². The first-order valence-corrected chi connectivity index (χ1v) is 40.8. The number of aliphatic imine (C=N–C) groups is 1. The molecule has 0 radical (unpaired) electrons. The number of fused-ring (bicyclic) bond motifs is 3. The Labute approximate surface area is 733 Å². The van der Waals surface area contributed by atoms with Crippen LogP contribution in [0.25, 0.3) is 32.7 Å². The van der Waals surface area contributed by atoms with E-state index in [1.807, 2.05) is 57.2 Å². The van der Waals surface area contributed by atoms with Crippen LogP contribution < -0.4 is 86.3 Å². The second kappa shape index (κ2) is 50.2. The van der Waals surface area contributed by atoms with E-state index in [0.29, 0.717) is 54.3 Å². The minimum absolute atomic E-state index is 0. The molecular weight excluding hydrogens is 1540 g/mol. The van der Waals surface area contributed by atoms with Crippen molar-refractivity contribution in [2.45, 2.75) is 116 Å². The van der Waals surface area contributed by atoms with Crippen LogP contribution in [-0.4, -0.2) is 240 Å². The number of aryl methyl sites for hydroxylation is 6. The SMILES string of the molecule is C.C.C.CC=Nc1cc(OCCCN2CCOCC2)c(C)cc1C#N.CCc1csc(Nc2ncnc3cc(OCCCN4CCOCC4)c(C)cc23)n1.CCc1csc(Nc2ncnc3cc(OCCCN4CCOCC4)c(C)cc23)n1.Cc1cc2c(Nc3nc(CC(=O)O)cs3)ncnc2cc1OCCCN1CCOCC1.[H-].[K+]. The van der Waals surface area contributed by atoms with Crippen molar-refractivity contribution in [1.82, 2.24) is 64.5 Å². The number of morpholine rings is 4. The van der Waals surface area contributed by atoms with E-state index in [2.05, 4.69) is 142 Å². The molecule has 4 fully saturated rings. The zero-order valence-electron chi connectivity index (χ0n) is 66.6. The fraction of sp³-hybridized carbons (Fsp3) is 0.494. The number of hydrogen-bond acceptors (Lipinski definition) is 30. The van der Waals surface area contributed by atoms with Crippen molar-refractivity contribution >= 4 is 117 Å². The molecular formula is C83H115KN18O10S3. The van der Waals surface area contributed by atoms with Gasteiger partial charge < -0.3 is 60.4 Å². The molecule has 28 nitrogen and oxygen atoms in total. The van der Waals surface area contributed by atoms with Gasteiger partial charge >= 0.3 is 57.4 Å². The molecule has 4 saturated heterocycles. The standard InChI is InChI=1S/C21H25N5O4S.2C21H27N5O2S.C17H23N3O2.3CH4.K.H/c1-14-9-16-17(11-18(14)30-6-2-3-26-4-7-29-8-5-26)22-13-23-20(16)25-21-24-15(12-31-21)10-19(27)28;2*1-3-16-13-29-21(24-16)25-20-17-11-15(2)19(12-18(17)22-14-23-20)28-8-4-5-26-6-9-27-10-7-26;1-3-19-16-12-17(14(2)11-15(16)13-18)22-8-4-5-20-6-9-21-10-7-20;;;;;/h9,11-13H,2-8,10H2,1H3,(H,27,28)(H,22,23,24,25);2*11-14H,3-10H2,1-2H3,(H,22,23,24,25);3,11-12H,4-10H2,1-2H3;3*1H4;;/q;;;;;;;+1;-1. The van der Waals surface area contributed by atoms with Gasteiger partial charge in [0, 0.05) is 141 Å². The predicted octanol–water partition coefficient (Wildman–Crippen LogP) is 12.2. The number of ether oxygens (including phenoxy) is 8. The fourth-order valence-corrected chi connectivity index (χ4v) is 14.9. The van der Waals surface area contributed by atoms with Crippen LogP contribution in [-0.2, 0) is 43.0 Å². The average molecular weight is 1660 g/mol. The van der Waals surface area contributed by atoms with Gasteiger partial charge in [0.25, 0.3) is 0 Å². The minimum atomic E-state index is -0.905. The number of nitriles is 1. The van der Waals surface area contributed by atoms with Crippen molar-refractivity contribution in [3.8, 4) is 29.1 Å². The molecule has 4 aromatic carbocycles. The molecule has 10 heterocycles. The van der Waals surface area contributed by atoms with E-state index in [4.69, 9.17) is 48.3 Å². The summed E-state index contributed by atoms with van der Waals surface area (Å²) in [5, 5.41) is 38.9. The number of rotatable bonds is 31. The third kappa shape index (κ3) is 29.4. The van der Waals surface area contributed by atoms with E-state index in [9.17, 15) is 4.79 Å². The zero-order valence-corrected chi connectivity index (χ0v) is 71.2. The van der Waals surface area contributed by atoms with Crippen molar-refractivity contribution in [2.75, 3.05) is 174 Å². The quantitative estimate of drug-likeness (QED) is 0.0178. The van der Waals surface area contributed by atoms with Crippen molar-refractivity contribution in [1.29, 1.82) is 5.26 Å².